The van der Waals surface area contributed by atoms with Gasteiger partial charge in [0.1, 0.15) is 0 Å². The number of benzene rings is 1. The minimum absolute atomic E-state index is 0.109. The van der Waals surface area contributed by atoms with Crippen LogP contribution in [0.15, 0.2) is 29.2 Å². The van der Waals surface area contributed by atoms with Crippen LogP contribution in [0, 0.1) is 0 Å². The van der Waals surface area contributed by atoms with Gasteiger partial charge in [0.25, 0.3) is 0 Å². The van der Waals surface area contributed by atoms with E-state index in [2.05, 4.69) is 45.0 Å². The van der Waals surface area contributed by atoms with Crippen LogP contribution >= 0.6 is 11.8 Å². The van der Waals surface area contributed by atoms with Gasteiger partial charge >= 0.3 is 0 Å². The van der Waals surface area contributed by atoms with Gasteiger partial charge in [-0.05, 0) is 42.4 Å². The van der Waals surface area contributed by atoms with Crippen molar-refractivity contribution in [3.8, 4) is 0 Å². The number of hydrogen-bond acceptors (Lipinski definition) is 2. The maximum absolute atomic E-state index is 9.81. The zero-order chi connectivity index (χ0) is 12.5. The zero-order valence-corrected chi connectivity index (χ0v) is 11.8. The van der Waals surface area contributed by atoms with Crippen molar-refractivity contribution in [2.45, 2.75) is 61.7 Å². The highest BCUT2D eigenvalue weighted by molar-refractivity contribution is 8.00. The standard InChI is InChI=1S/C15H22OS/c1-15(2,3)11-7-9-12(10-8-11)17-14-6-4-5-13(14)16/h7-10,13-14,16H,4-6H2,1-3H3/t13-,14-/m1/s1. The van der Waals surface area contributed by atoms with Crippen molar-refractivity contribution in [2.75, 3.05) is 0 Å². The summed E-state index contributed by atoms with van der Waals surface area (Å²) in [5, 5.41) is 10.2. The summed E-state index contributed by atoms with van der Waals surface area (Å²) in [6.07, 6.45) is 3.17. The molecule has 1 N–H and O–H groups in total. The first kappa shape index (κ1) is 13.0. The molecule has 0 saturated heterocycles. The van der Waals surface area contributed by atoms with Crippen LogP contribution < -0.4 is 0 Å². The van der Waals surface area contributed by atoms with Gasteiger partial charge in [-0.25, -0.2) is 0 Å². The molecule has 17 heavy (non-hydrogen) atoms. The molecule has 1 aliphatic carbocycles. The summed E-state index contributed by atoms with van der Waals surface area (Å²) >= 11 is 1.83. The van der Waals surface area contributed by atoms with Crippen LogP contribution in [0.5, 0.6) is 0 Å². The molecular formula is C15H22OS. The molecule has 2 heteroatoms. The van der Waals surface area contributed by atoms with Crippen molar-refractivity contribution in [2.24, 2.45) is 0 Å². The minimum Gasteiger partial charge on any atom is -0.392 e. The van der Waals surface area contributed by atoms with E-state index < -0.39 is 0 Å². The topological polar surface area (TPSA) is 20.2 Å². The smallest absolute Gasteiger partial charge is 0.0662 e. The van der Waals surface area contributed by atoms with E-state index in [1.807, 2.05) is 11.8 Å². The highest BCUT2D eigenvalue weighted by Gasteiger charge is 2.26. The Morgan fingerprint density at radius 3 is 2.24 bits per heavy atom. The molecule has 94 valence electrons. The van der Waals surface area contributed by atoms with Crippen LogP contribution in [0.1, 0.15) is 45.6 Å². The second-order valence-electron chi connectivity index (χ2n) is 5.93. The first-order valence-electron chi connectivity index (χ1n) is 6.42. The Balaban J connectivity index is 2.03. The molecule has 1 aromatic carbocycles. The highest BCUT2D eigenvalue weighted by atomic mass is 32.2. The summed E-state index contributed by atoms with van der Waals surface area (Å²) < 4.78 is 0. The summed E-state index contributed by atoms with van der Waals surface area (Å²) in [6.45, 7) is 6.70. The molecule has 0 heterocycles. The summed E-state index contributed by atoms with van der Waals surface area (Å²) in [4.78, 5) is 1.28. The van der Waals surface area contributed by atoms with Crippen molar-refractivity contribution in [3.63, 3.8) is 0 Å². The fourth-order valence-corrected chi connectivity index (χ4v) is 3.47. The predicted molar refractivity (Wildman–Crippen MR) is 74.6 cm³/mol. The number of thioether (sulfide) groups is 1. The summed E-state index contributed by atoms with van der Waals surface area (Å²) in [5.74, 6) is 0. The number of aliphatic hydroxyl groups is 1. The fourth-order valence-electron chi connectivity index (χ4n) is 2.25. The van der Waals surface area contributed by atoms with Crippen LogP contribution in [-0.4, -0.2) is 16.5 Å². The SMILES string of the molecule is CC(C)(C)c1ccc(S[C@@H]2CCC[C@H]2O)cc1. The molecule has 0 spiro atoms. The van der Waals surface area contributed by atoms with Crippen molar-refractivity contribution >= 4 is 11.8 Å². The van der Waals surface area contributed by atoms with Gasteiger partial charge in [-0.2, -0.15) is 0 Å². The van der Waals surface area contributed by atoms with Gasteiger partial charge in [0.2, 0.25) is 0 Å². The molecular weight excluding hydrogens is 228 g/mol. The van der Waals surface area contributed by atoms with Crippen LogP contribution in [0.25, 0.3) is 0 Å². The lowest BCUT2D eigenvalue weighted by Crippen LogP contribution is -2.15. The molecule has 0 bridgehead atoms. The van der Waals surface area contributed by atoms with E-state index in [9.17, 15) is 5.11 Å². The Bertz CT molecular complexity index is 364. The van der Waals surface area contributed by atoms with E-state index in [1.165, 1.54) is 16.9 Å². The second-order valence-corrected chi connectivity index (χ2v) is 7.24. The third-order valence-corrected chi connectivity index (χ3v) is 4.82. The molecule has 1 aromatic rings. The quantitative estimate of drug-likeness (QED) is 0.856. The monoisotopic (exact) mass is 250 g/mol. The Morgan fingerprint density at radius 2 is 1.76 bits per heavy atom. The van der Waals surface area contributed by atoms with Gasteiger partial charge < -0.3 is 5.11 Å². The average molecular weight is 250 g/mol. The molecule has 2 rings (SSSR count). The van der Waals surface area contributed by atoms with Crippen molar-refractivity contribution < 1.29 is 5.11 Å². The van der Waals surface area contributed by atoms with E-state index in [1.54, 1.807) is 0 Å². The third kappa shape index (κ3) is 3.26. The highest BCUT2D eigenvalue weighted by Crippen LogP contribution is 2.35. The number of aliphatic hydroxyl groups excluding tert-OH is 1. The maximum Gasteiger partial charge on any atom is 0.0662 e. The maximum atomic E-state index is 9.81. The molecule has 0 aromatic heterocycles. The lowest BCUT2D eigenvalue weighted by Gasteiger charge is -2.20. The zero-order valence-electron chi connectivity index (χ0n) is 10.9. The molecule has 1 aliphatic rings. The summed E-state index contributed by atoms with van der Waals surface area (Å²) in [6, 6.07) is 8.81. The molecule has 0 amide bonds. The van der Waals surface area contributed by atoms with Crippen LogP contribution in [-0.2, 0) is 5.41 Å². The van der Waals surface area contributed by atoms with Crippen molar-refractivity contribution in [1.29, 1.82) is 0 Å². The molecule has 2 atom stereocenters. The van der Waals surface area contributed by atoms with Crippen LogP contribution in [0.4, 0.5) is 0 Å². The van der Waals surface area contributed by atoms with Gasteiger partial charge in [-0.3, -0.25) is 0 Å². The average Bonchev–Trinajstić information content (AvgIpc) is 2.64. The normalized spacial score (nSPS) is 25.2. The Hall–Kier alpha value is -0.470. The third-order valence-electron chi connectivity index (χ3n) is 3.43. The lowest BCUT2D eigenvalue weighted by molar-refractivity contribution is 0.188. The predicted octanol–water partition coefficient (Wildman–Crippen LogP) is 3.99. The largest absolute Gasteiger partial charge is 0.392 e. The molecule has 0 aliphatic heterocycles. The van der Waals surface area contributed by atoms with Crippen LogP contribution in [0.3, 0.4) is 0 Å². The van der Waals surface area contributed by atoms with Gasteiger partial charge in [0, 0.05) is 10.1 Å². The van der Waals surface area contributed by atoms with Gasteiger partial charge in [0.05, 0.1) is 6.10 Å². The van der Waals surface area contributed by atoms with Crippen LogP contribution in [0.2, 0.25) is 0 Å². The lowest BCUT2D eigenvalue weighted by atomic mass is 9.87. The van der Waals surface area contributed by atoms with E-state index in [0.29, 0.717) is 5.25 Å². The Kier molecular flexibility index (Phi) is 3.84. The Labute approximate surface area is 109 Å². The first-order chi connectivity index (χ1) is 7.97. The molecule has 0 radical (unpaired) electrons. The number of rotatable bonds is 2. The fraction of sp³-hybridized carbons (Fsp3) is 0.600. The van der Waals surface area contributed by atoms with Crippen molar-refractivity contribution in [3.05, 3.63) is 29.8 Å². The van der Waals surface area contributed by atoms with E-state index in [0.717, 1.165) is 12.8 Å². The van der Waals surface area contributed by atoms with Gasteiger partial charge in [-0.15, -0.1) is 11.8 Å². The minimum atomic E-state index is -0.109. The van der Waals surface area contributed by atoms with E-state index >= 15 is 0 Å². The van der Waals surface area contributed by atoms with Gasteiger partial charge in [-0.1, -0.05) is 32.9 Å². The summed E-state index contributed by atoms with van der Waals surface area (Å²) in [7, 11) is 0. The molecule has 1 saturated carbocycles. The molecule has 1 nitrogen and oxygen atoms in total. The second kappa shape index (κ2) is 5.03. The summed E-state index contributed by atoms with van der Waals surface area (Å²) in [5.41, 5.74) is 1.59. The van der Waals surface area contributed by atoms with Gasteiger partial charge in [0.15, 0.2) is 0 Å². The number of hydrogen-bond donors (Lipinski definition) is 1. The van der Waals surface area contributed by atoms with E-state index in [4.69, 9.17) is 0 Å². The molecule has 1 fully saturated rings. The molecule has 0 unspecified atom stereocenters. The van der Waals surface area contributed by atoms with E-state index in [-0.39, 0.29) is 11.5 Å². The first-order valence-corrected chi connectivity index (χ1v) is 7.30. The van der Waals surface area contributed by atoms with Crippen molar-refractivity contribution in [1.82, 2.24) is 0 Å². The Morgan fingerprint density at radius 1 is 1.12 bits per heavy atom.